The molecule has 8 nitrogen and oxygen atoms in total. The zero-order chi connectivity index (χ0) is 14.6. The number of aromatic amines is 2. The van der Waals surface area contributed by atoms with E-state index in [0.29, 0.717) is 5.57 Å². The Morgan fingerprint density at radius 3 is 2.11 bits per heavy atom. The molecule has 104 valence electrons. The SMILES string of the molecule is CCOC(=O)C(Cn1c(=O)[nH]c(=O)[nH]c1=O)=C(C)C. The summed E-state index contributed by atoms with van der Waals surface area (Å²) >= 11 is 0. The van der Waals surface area contributed by atoms with Crippen LogP contribution in [-0.4, -0.2) is 27.1 Å². The number of allylic oxidation sites excluding steroid dienone is 1. The van der Waals surface area contributed by atoms with Gasteiger partial charge in [0.2, 0.25) is 0 Å². The number of esters is 1. The lowest BCUT2D eigenvalue weighted by molar-refractivity contribution is -0.138. The largest absolute Gasteiger partial charge is 0.463 e. The quantitative estimate of drug-likeness (QED) is 0.544. The summed E-state index contributed by atoms with van der Waals surface area (Å²) in [5, 5.41) is 0. The predicted molar refractivity (Wildman–Crippen MR) is 67.0 cm³/mol. The fourth-order valence-electron chi connectivity index (χ4n) is 1.40. The van der Waals surface area contributed by atoms with Crippen LogP contribution in [0.25, 0.3) is 0 Å². The Morgan fingerprint density at radius 1 is 1.16 bits per heavy atom. The molecule has 0 unspecified atom stereocenters. The predicted octanol–water partition coefficient (Wildman–Crippen LogP) is -0.876. The molecule has 0 atom stereocenters. The van der Waals surface area contributed by atoms with Gasteiger partial charge in [-0.15, -0.1) is 0 Å². The summed E-state index contributed by atoms with van der Waals surface area (Å²) in [5.74, 6) is -0.597. The van der Waals surface area contributed by atoms with E-state index in [9.17, 15) is 19.2 Å². The molecule has 0 saturated carbocycles. The zero-order valence-corrected chi connectivity index (χ0v) is 10.9. The summed E-state index contributed by atoms with van der Waals surface area (Å²) in [7, 11) is 0. The standard InChI is InChI=1S/C11H15N3O5/c1-4-19-8(15)7(6(2)3)5-14-10(17)12-9(16)13-11(14)18/h4-5H2,1-3H3,(H2,12,13,16,17,18). The van der Waals surface area contributed by atoms with Gasteiger partial charge >= 0.3 is 23.0 Å². The van der Waals surface area contributed by atoms with Crippen LogP contribution in [0.15, 0.2) is 25.5 Å². The average molecular weight is 269 g/mol. The number of hydrogen-bond acceptors (Lipinski definition) is 5. The van der Waals surface area contributed by atoms with E-state index in [4.69, 9.17) is 4.74 Å². The number of carbonyl (C=O) groups is 1. The first kappa shape index (κ1) is 14.7. The summed E-state index contributed by atoms with van der Waals surface area (Å²) in [5.41, 5.74) is -1.83. The van der Waals surface area contributed by atoms with E-state index < -0.39 is 23.0 Å². The number of nitrogens with zero attached hydrogens (tertiary/aromatic N) is 1. The minimum absolute atomic E-state index is 0.187. The highest BCUT2D eigenvalue weighted by Gasteiger charge is 2.15. The van der Waals surface area contributed by atoms with Crippen LogP contribution in [0.5, 0.6) is 0 Å². The van der Waals surface area contributed by atoms with Crippen LogP contribution in [-0.2, 0) is 16.1 Å². The molecule has 1 heterocycles. The summed E-state index contributed by atoms with van der Waals surface area (Å²) in [6, 6.07) is 0. The van der Waals surface area contributed by atoms with Gasteiger partial charge in [-0.25, -0.2) is 23.7 Å². The molecule has 8 heteroatoms. The third-order valence-corrected chi connectivity index (χ3v) is 2.37. The van der Waals surface area contributed by atoms with Crippen molar-refractivity contribution in [2.75, 3.05) is 6.61 Å². The van der Waals surface area contributed by atoms with Crippen LogP contribution >= 0.6 is 0 Å². The molecular formula is C11H15N3O5. The monoisotopic (exact) mass is 269 g/mol. The first-order chi connectivity index (χ1) is 8.86. The Labute approximate surface area is 107 Å². The second-order valence-electron chi connectivity index (χ2n) is 3.97. The first-order valence-corrected chi connectivity index (χ1v) is 5.63. The summed E-state index contributed by atoms with van der Waals surface area (Å²) in [6.07, 6.45) is 0. The van der Waals surface area contributed by atoms with Crippen molar-refractivity contribution in [3.8, 4) is 0 Å². The van der Waals surface area contributed by atoms with Crippen LogP contribution in [0, 0.1) is 0 Å². The van der Waals surface area contributed by atoms with Gasteiger partial charge in [0.15, 0.2) is 0 Å². The molecule has 1 aromatic rings. The lowest BCUT2D eigenvalue weighted by Crippen LogP contribution is -2.44. The lowest BCUT2D eigenvalue weighted by Gasteiger charge is -2.09. The van der Waals surface area contributed by atoms with Crippen molar-refractivity contribution in [2.24, 2.45) is 0 Å². The molecule has 2 N–H and O–H groups in total. The van der Waals surface area contributed by atoms with Gasteiger partial charge in [0.25, 0.3) is 0 Å². The van der Waals surface area contributed by atoms with Gasteiger partial charge < -0.3 is 4.74 Å². The number of carbonyl (C=O) groups excluding carboxylic acids is 1. The fraction of sp³-hybridized carbons (Fsp3) is 0.455. The molecule has 0 aliphatic rings. The summed E-state index contributed by atoms with van der Waals surface area (Å²) in [6.45, 7) is 4.91. The van der Waals surface area contributed by atoms with Gasteiger partial charge in [-0.1, -0.05) is 5.57 Å². The number of nitrogens with one attached hydrogen (secondary N) is 2. The maximum atomic E-state index is 11.7. The van der Waals surface area contributed by atoms with E-state index in [1.165, 1.54) is 0 Å². The third kappa shape index (κ3) is 3.54. The Hall–Kier alpha value is -2.38. The van der Waals surface area contributed by atoms with Gasteiger partial charge in [-0.2, -0.15) is 0 Å². The summed E-state index contributed by atoms with van der Waals surface area (Å²) < 4.78 is 5.57. The molecule has 0 bridgehead atoms. The molecule has 0 fully saturated rings. The van der Waals surface area contributed by atoms with Gasteiger partial charge in [-0.05, 0) is 20.8 Å². The van der Waals surface area contributed by atoms with E-state index in [2.05, 4.69) is 0 Å². The van der Waals surface area contributed by atoms with Gasteiger partial charge in [-0.3, -0.25) is 9.97 Å². The van der Waals surface area contributed by atoms with Crippen LogP contribution < -0.4 is 17.1 Å². The van der Waals surface area contributed by atoms with Crippen LogP contribution in [0.2, 0.25) is 0 Å². The number of aromatic nitrogens is 3. The molecule has 19 heavy (non-hydrogen) atoms. The fourth-order valence-corrected chi connectivity index (χ4v) is 1.40. The first-order valence-electron chi connectivity index (χ1n) is 5.63. The maximum absolute atomic E-state index is 11.7. The third-order valence-electron chi connectivity index (χ3n) is 2.37. The van der Waals surface area contributed by atoms with Crippen LogP contribution in [0.1, 0.15) is 20.8 Å². The van der Waals surface area contributed by atoms with Crippen LogP contribution in [0.3, 0.4) is 0 Å². The molecule has 0 aliphatic carbocycles. The van der Waals surface area contributed by atoms with Gasteiger partial charge in [0.05, 0.1) is 18.7 Å². The smallest absolute Gasteiger partial charge is 0.335 e. The molecule has 0 radical (unpaired) electrons. The topological polar surface area (TPSA) is 114 Å². The molecule has 1 aromatic heterocycles. The van der Waals surface area contributed by atoms with E-state index in [1.807, 2.05) is 9.97 Å². The molecule has 0 saturated heterocycles. The second-order valence-corrected chi connectivity index (χ2v) is 3.97. The Bertz CT molecular complexity index is 638. The number of hydrogen-bond donors (Lipinski definition) is 2. The molecule has 0 spiro atoms. The molecule has 0 aliphatic heterocycles. The van der Waals surface area contributed by atoms with Gasteiger partial charge in [0, 0.05) is 0 Å². The number of H-pyrrole nitrogens is 2. The number of rotatable bonds is 4. The van der Waals surface area contributed by atoms with E-state index in [1.54, 1.807) is 20.8 Å². The maximum Gasteiger partial charge on any atom is 0.335 e. The highest BCUT2D eigenvalue weighted by atomic mass is 16.5. The Morgan fingerprint density at radius 2 is 1.68 bits per heavy atom. The minimum atomic E-state index is -0.888. The van der Waals surface area contributed by atoms with Crippen molar-refractivity contribution in [1.82, 2.24) is 14.5 Å². The van der Waals surface area contributed by atoms with Crippen molar-refractivity contribution in [3.63, 3.8) is 0 Å². The van der Waals surface area contributed by atoms with Crippen LogP contribution in [0.4, 0.5) is 0 Å². The molecule has 0 aromatic carbocycles. The van der Waals surface area contributed by atoms with Gasteiger partial charge in [0.1, 0.15) is 0 Å². The van der Waals surface area contributed by atoms with Crippen molar-refractivity contribution >= 4 is 5.97 Å². The molecule has 1 rings (SSSR count). The van der Waals surface area contributed by atoms with E-state index >= 15 is 0 Å². The second kappa shape index (κ2) is 5.98. The molecule has 0 amide bonds. The van der Waals surface area contributed by atoms with Crippen molar-refractivity contribution in [3.05, 3.63) is 42.6 Å². The van der Waals surface area contributed by atoms with Crippen molar-refractivity contribution in [1.29, 1.82) is 0 Å². The zero-order valence-electron chi connectivity index (χ0n) is 10.9. The van der Waals surface area contributed by atoms with Crippen molar-refractivity contribution < 1.29 is 9.53 Å². The molecular weight excluding hydrogens is 254 g/mol. The Balaban J connectivity index is 3.24. The average Bonchev–Trinajstić information content (AvgIpc) is 2.27. The number of ether oxygens (including phenoxy) is 1. The van der Waals surface area contributed by atoms with E-state index in [0.717, 1.165) is 4.57 Å². The normalized spacial score (nSPS) is 10.1. The Kier molecular flexibility index (Phi) is 4.62. The highest BCUT2D eigenvalue weighted by Crippen LogP contribution is 2.07. The van der Waals surface area contributed by atoms with Crippen molar-refractivity contribution in [2.45, 2.75) is 27.3 Å². The minimum Gasteiger partial charge on any atom is -0.463 e. The highest BCUT2D eigenvalue weighted by molar-refractivity contribution is 5.89. The lowest BCUT2D eigenvalue weighted by atomic mass is 10.1. The van der Waals surface area contributed by atoms with E-state index in [-0.39, 0.29) is 18.7 Å². The summed E-state index contributed by atoms with van der Waals surface area (Å²) in [4.78, 5) is 49.4.